The maximum atomic E-state index is 11.5. The summed E-state index contributed by atoms with van der Waals surface area (Å²) in [4.78, 5) is 11.5. The maximum Gasteiger partial charge on any atom is 0.241 e. The van der Waals surface area contributed by atoms with E-state index in [1.807, 2.05) is 6.20 Å². The van der Waals surface area contributed by atoms with Crippen LogP contribution < -0.4 is 10.6 Å². The average Bonchev–Trinajstić information content (AvgIpc) is 2.99. The quantitative estimate of drug-likeness (QED) is 0.703. The van der Waals surface area contributed by atoms with Crippen molar-refractivity contribution in [2.24, 2.45) is 0 Å². The van der Waals surface area contributed by atoms with E-state index in [1.54, 1.807) is 10.9 Å². The van der Waals surface area contributed by atoms with Crippen molar-refractivity contribution in [2.75, 3.05) is 11.9 Å². The molecule has 0 aromatic carbocycles. The largest absolute Gasteiger partial charge is 0.383 e. The number of anilines is 1. The van der Waals surface area contributed by atoms with Crippen LogP contribution in [0.5, 0.6) is 0 Å². The van der Waals surface area contributed by atoms with E-state index in [0.717, 1.165) is 31.5 Å². The van der Waals surface area contributed by atoms with Crippen LogP contribution >= 0.6 is 0 Å². The maximum absolute atomic E-state index is 11.5. The van der Waals surface area contributed by atoms with Crippen LogP contribution in [0.2, 0.25) is 0 Å². The summed E-state index contributed by atoms with van der Waals surface area (Å²) >= 11 is 0. The van der Waals surface area contributed by atoms with Gasteiger partial charge in [0.2, 0.25) is 5.91 Å². The second kappa shape index (κ2) is 5.70. The van der Waals surface area contributed by atoms with E-state index in [2.05, 4.69) is 22.7 Å². The molecule has 1 aromatic heterocycles. The van der Waals surface area contributed by atoms with E-state index in [1.165, 1.54) is 6.42 Å². The SMILES string of the molecule is CCCCNc1cnn(CC(=O)NC2CC2)c1. The second-order valence-corrected chi connectivity index (χ2v) is 4.55. The van der Waals surface area contributed by atoms with E-state index in [4.69, 9.17) is 0 Å². The first-order valence-corrected chi connectivity index (χ1v) is 6.33. The molecule has 2 N–H and O–H groups in total. The van der Waals surface area contributed by atoms with Gasteiger partial charge in [0.1, 0.15) is 6.54 Å². The van der Waals surface area contributed by atoms with Crippen LogP contribution in [0.25, 0.3) is 0 Å². The Hall–Kier alpha value is -1.52. The van der Waals surface area contributed by atoms with Crippen molar-refractivity contribution in [3.8, 4) is 0 Å². The van der Waals surface area contributed by atoms with Gasteiger partial charge in [-0.05, 0) is 19.3 Å². The number of nitrogens with one attached hydrogen (secondary N) is 2. The monoisotopic (exact) mass is 236 g/mol. The highest BCUT2D eigenvalue weighted by atomic mass is 16.2. The highest BCUT2D eigenvalue weighted by Gasteiger charge is 2.23. The van der Waals surface area contributed by atoms with Gasteiger partial charge in [0, 0.05) is 18.8 Å². The minimum atomic E-state index is 0.0516. The molecule has 1 amide bonds. The minimum Gasteiger partial charge on any atom is -0.383 e. The number of unbranched alkanes of at least 4 members (excludes halogenated alkanes) is 1. The summed E-state index contributed by atoms with van der Waals surface area (Å²) in [6.07, 6.45) is 8.20. The molecule has 1 aliphatic rings. The molecule has 0 spiro atoms. The van der Waals surface area contributed by atoms with Gasteiger partial charge in [0.15, 0.2) is 0 Å². The van der Waals surface area contributed by atoms with Gasteiger partial charge in [-0.3, -0.25) is 9.48 Å². The lowest BCUT2D eigenvalue weighted by Gasteiger charge is -2.03. The Balaban J connectivity index is 1.74. The molecule has 1 fully saturated rings. The van der Waals surface area contributed by atoms with E-state index in [-0.39, 0.29) is 5.91 Å². The zero-order valence-corrected chi connectivity index (χ0v) is 10.3. The van der Waals surface area contributed by atoms with Gasteiger partial charge in [-0.2, -0.15) is 5.10 Å². The lowest BCUT2D eigenvalue weighted by molar-refractivity contribution is -0.122. The van der Waals surface area contributed by atoms with Crippen molar-refractivity contribution in [3.05, 3.63) is 12.4 Å². The lowest BCUT2D eigenvalue weighted by atomic mass is 10.3. The Morgan fingerprint density at radius 1 is 1.59 bits per heavy atom. The van der Waals surface area contributed by atoms with Crippen molar-refractivity contribution >= 4 is 11.6 Å². The smallest absolute Gasteiger partial charge is 0.241 e. The van der Waals surface area contributed by atoms with Gasteiger partial charge in [-0.15, -0.1) is 0 Å². The first kappa shape index (κ1) is 12.0. The second-order valence-electron chi connectivity index (χ2n) is 4.55. The van der Waals surface area contributed by atoms with Crippen molar-refractivity contribution in [3.63, 3.8) is 0 Å². The molecular formula is C12H20N4O. The van der Waals surface area contributed by atoms with E-state index < -0.39 is 0 Å². The Labute approximate surface area is 102 Å². The van der Waals surface area contributed by atoms with Gasteiger partial charge in [-0.25, -0.2) is 0 Å². The lowest BCUT2D eigenvalue weighted by Crippen LogP contribution is -2.29. The third kappa shape index (κ3) is 4.09. The van der Waals surface area contributed by atoms with Crippen LogP contribution in [-0.2, 0) is 11.3 Å². The van der Waals surface area contributed by atoms with Crippen molar-refractivity contribution in [1.82, 2.24) is 15.1 Å². The molecule has 0 aliphatic heterocycles. The summed E-state index contributed by atoms with van der Waals surface area (Å²) in [7, 11) is 0. The Morgan fingerprint density at radius 2 is 2.41 bits per heavy atom. The van der Waals surface area contributed by atoms with Crippen LogP contribution in [-0.4, -0.2) is 28.3 Å². The van der Waals surface area contributed by atoms with Gasteiger partial charge in [-0.1, -0.05) is 13.3 Å². The molecule has 2 rings (SSSR count). The molecule has 0 bridgehead atoms. The number of hydrogen-bond acceptors (Lipinski definition) is 3. The average molecular weight is 236 g/mol. The summed E-state index contributed by atoms with van der Waals surface area (Å²) in [5.74, 6) is 0.0516. The molecule has 1 aliphatic carbocycles. The highest BCUT2D eigenvalue weighted by molar-refractivity contribution is 5.76. The van der Waals surface area contributed by atoms with Crippen molar-refractivity contribution < 1.29 is 4.79 Å². The zero-order chi connectivity index (χ0) is 12.1. The molecule has 5 nitrogen and oxygen atoms in total. The number of carbonyl (C=O) groups excluding carboxylic acids is 1. The van der Waals surface area contributed by atoms with Crippen LogP contribution in [0.1, 0.15) is 32.6 Å². The summed E-state index contributed by atoms with van der Waals surface area (Å²) < 4.78 is 1.67. The molecule has 17 heavy (non-hydrogen) atoms. The molecule has 1 heterocycles. The Kier molecular flexibility index (Phi) is 4.01. The predicted molar refractivity (Wildman–Crippen MR) is 66.8 cm³/mol. The van der Waals surface area contributed by atoms with Crippen LogP contribution in [0, 0.1) is 0 Å². The van der Waals surface area contributed by atoms with E-state index in [0.29, 0.717) is 12.6 Å². The van der Waals surface area contributed by atoms with Crippen LogP contribution in [0.15, 0.2) is 12.4 Å². The Bertz CT molecular complexity index is 370. The summed E-state index contributed by atoms with van der Waals surface area (Å²) in [6.45, 7) is 3.43. The summed E-state index contributed by atoms with van der Waals surface area (Å²) in [5.41, 5.74) is 0.984. The number of amides is 1. The normalized spacial score (nSPS) is 14.6. The molecule has 1 aromatic rings. The molecule has 0 unspecified atom stereocenters. The summed E-state index contributed by atoms with van der Waals surface area (Å²) in [5, 5.41) is 10.4. The number of carbonyl (C=O) groups is 1. The van der Waals surface area contributed by atoms with Crippen LogP contribution in [0.3, 0.4) is 0 Å². The first-order chi connectivity index (χ1) is 8.28. The fourth-order valence-electron chi connectivity index (χ4n) is 1.60. The number of rotatable bonds is 7. The molecule has 94 valence electrons. The highest BCUT2D eigenvalue weighted by Crippen LogP contribution is 2.18. The molecule has 0 saturated heterocycles. The number of nitrogens with zero attached hydrogens (tertiary/aromatic N) is 2. The standard InChI is InChI=1S/C12H20N4O/c1-2-3-6-13-11-7-14-16(8-11)9-12(17)15-10-4-5-10/h7-8,10,13H,2-6,9H2,1H3,(H,15,17). The Morgan fingerprint density at radius 3 is 3.12 bits per heavy atom. The van der Waals surface area contributed by atoms with Crippen molar-refractivity contribution in [2.45, 2.75) is 45.2 Å². The van der Waals surface area contributed by atoms with Crippen LogP contribution in [0.4, 0.5) is 5.69 Å². The molecule has 1 saturated carbocycles. The van der Waals surface area contributed by atoms with Crippen molar-refractivity contribution in [1.29, 1.82) is 0 Å². The van der Waals surface area contributed by atoms with Gasteiger partial charge in [0.05, 0.1) is 11.9 Å². The van der Waals surface area contributed by atoms with Gasteiger partial charge >= 0.3 is 0 Å². The first-order valence-electron chi connectivity index (χ1n) is 6.33. The zero-order valence-electron chi connectivity index (χ0n) is 10.3. The molecule has 0 radical (unpaired) electrons. The predicted octanol–water partition coefficient (Wildman–Crippen LogP) is 1.37. The molecular weight excluding hydrogens is 216 g/mol. The third-order valence-electron chi connectivity index (χ3n) is 2.74. The molecule has 5 heteroatoms. The minimum absolute atomic E-state index is 0.0516. The third-order valence-corrected chi connectivity index (χ3v) is 2.74. The fourth-order valence-corrected chi connectivity index (χ4v) is 1.60. The number of aromatic nitrogens is 2. The fraction of sp³-hybridized carbons (Fsp3) is 0.667. The summed E-state index contributed by atoms with van der Waals surface area (Å²) in [6, 6.07) is 0.417. The van der Waals surface area contributed by atoms with E-state index in [9.17, 15) is 4.79 Å². The molecule has 0 atom stereocenters. The topological polar surface area (TPSA) is 59.0 Å². The van der Waals surface area contributed by atoms with E-state index >= 15 is 0 Å². The van der Waals surface area contributed by atoms with Gasteiger partial charge < -0.3 is 10.6 Å². The number of hydrogen-bond donors (Lipinski definition) is 2. The van der Waals surface area contributed by atoms with Gasteiger partial charge in [0.25, 0.3) is 0 Å².